The molecule has 0 aliphatic rings. The van der Waals surface area contributed by atoms with Crippen LogP contribution < -0.4 is 0 Å². The normalized spacial score (nSPS) is 11.6. The predicted molar refractivity (Wildman–Crippen MR) is 140 cm³/mol. The zero-order chi connectivity index (χ0) is 25.7. The Morgan fingerprint density at radius 3 is 2.53 bits per heavy atom. The molecule has 0 aliphatic carbocycles. The first-order valence-electron chi connectivity index (χ1n) is 11.3. The van der Waals surface area contributed by atoms with Gasteiger partial charge in [0, 0.05) is 29.5 Å². The van der Waals surface area contributed by atoms with E-state index in [1.165, 1.54) is 41.8 Å². The number of carbonyl (C=O) groups is 1. The summed E-state index contributed by atoms with van der Waals surface area (Å²) >= 11 is 1.53. The number of pyridine rings is 1. The van der Waals surface area contributed by atoms with Crippen LogP contribution in [0.2, 0.25) is 0 Å². The minimum absolute atomic E-state index is 0.0365. The van der Waals surface area contributed by atoms with E-state index in [0.717, 1.165) is 20.3 Å². The maximum atomic E-state index is 13.7. The molecule has 2 aromatic heterocycles. The van der Waals surface area contributed by atoms with E-state index in [1.54, 1.807) is 41.3 Å². The molecule has 0 radical (unpaired) electrons. The summed E-state index contributed by atoms with van der Waals surface area (Å²) in [6.45, 7) is 5.78. The fraction of sp³-hybridized carbons (Fsp3) is 0.185. The van der Waals surface area contributed by atoms with E-state index in [0.29, 0.717) is 17.4 Å². The number of fused-ring (bicyclic) bond motifs is 1. The number of nitrogens with zero attached hydrogens (tertiary/aromatic N) is 3. The first-order chi connectivity index (χ1) is 17.3. The van der Waals surface area contributed by atoms with Gasteiger partial charge >= 0.3 is 0 Å². The first kappa shape index (κ1) is 25.7. The molecule has 4 aromatic rings. The number of aryl methyl sites for hydroxylation is 1. The number of thiophene rings is 1. The van der Waals surface area contributed by atoms with Gasteiger partial charge in [-0.05, 0) is 53.8 Å². The van der Waals surface area contributed by atoms with Crippen molar-refractivity contribution in [2.24, 2.45) is 0 Å². The summed E-state index contributed by atoms with van der Waals surface area (Å²) in [5.41, 5.74) is 2.14. The van der Waals surface area contributed by atoms with Crippen LogP contribution in [0.25, 0.3) is 10.9 Å². The van der Waals surface area contributed by atoms with Crippen molar-refractivity contribution >= 4 is 38.2 Å². The molecule has 0 N–H and O–H groups in total. The maximum Gasteiger partial charge on any atom is 0.246 e. The van der Waals surface area contributed by atoms with Crippen LogP contribution in [0, 0.1) is 12.7 Å². The van der Waals surface area contributed by atoms with E-state index < -0.39 is 10.0 Å². The second kappa shape index (κ2) is 11.1. The van der Waals surface area contributed by atoms with Gasteiger partial charge in [-0.3, -0.25) is 9.78 Å². The van der Waals surface area contributed by atoms with Gasteiger partial charge in [-0.25, -0.2) is 12.8 Å². The lowest BCUT2D eigenvalue weighted by molar-refractivity contribution is -0.132. The minimum atomic E-state index is -4.06. The summed E-state index contributed by atoms with van der Waals surface area (Å²) in [6, 6.07) is 16.4. The predicted octanol–water partition coefficient (Wildman–Crippen LogP) is 5.15. The number of hydrogen-bond acceptors (Lipinski definition) is 5. The van der Waals surface area contributed by atoms with Crippen LogP contribution >= 0.6 is 11.3 Å². The lowest BCUT2D eigenvalue weighted by atomic mass is 10.2. The number of carbonyl (C=O) groups excluding carboxylic acids is 1. The van der Waals surface area contributed by atoms with Crippen molar-refractivity contribution in [2.75, 3.05) is 13.1 Å². The number of halogens is 1. The molecular weight excluding hydrogens is 497 g/mol. The molecule has 0 spiro atoms. The minimum Gasteiger partial charge on any atom is -0.332 e. The Kier molecular flexibility index (Phi) is 7.93. The third kappa shape index (κ3) is 5.70. The highest BCUT2D eigenvalue weighted by molar-refractivity contribution is 7.89. The Hall–Kier alpha value is -3.40. The van der Waals surface area contributed by atoms with E-state index >= 15 is 0 Å². The van der Waals surface area contributed by atoms with Gasteiger partial charge in [-0.15, -0.1) is 17.9 Å². The van der Waals surface area contributed by atoms with E-state index in [-0.39, 0.29) is 36.3 Å². The molecular formula is C27H26FN3O3S2. The van der Waals surface area contributed by atoms with Gasteiger partial charge in [0.25, 0.3) is 0 Å². The lowest BCUT2D eigenvalue weighted by Crippen LogP contribution is -2.42. The van der Waals surface area contributed by atoms with E-state index in [1.807, 2.05) is 18.4 Å². The Morgan fingerprint density at radius 1 is 1.08 bits per heavy atom. The zero-order valence-corrected chi connectivity index (χ0v) is 21.4. The van der Waals surface area contributed by atoms with Gasteiger partial charge in [-0.1, -0.05) is 36.4 Å². The quantitative estimate of drug-likeness (QED) is 0.270. The van der Waals surface area contributed by atoms with Gasteiger partial charge in [0.2, 0.25) is 15.9 Å². The summed E-state index contributed by atoms with van der Waals surface area (Å²) in [6.07, 6.45) is 3.00. The van der Waals surface area contributed by atoms with Crippen LogP contribution in [0.1, 0.15) is 16.0 Å². The molecule has 0 saturated carbocycles. The van der Waals surface area contributed by atoms with Crippen LogP contribution in [-0.4, -0.2) is 41.6 Å². The zero-order valence-electron chi connectivity index (χ0n) is 19.8. The molecule has 2 aromatic carbocycles. The molecule has 0 aliphatic heterocycles. The summed E-state index contributed by atoms with van der Waals surface area (Å²) in [5.74, 6) is -0.733. The van der Waals surface area contributed by atoms with Crippen LogP contribution in [0.5, 0.6) is 0 Å². The van der Waals surface area contributed by atoms with E-state index in [9.17, 15) is 17.6 Å². The third-order valence-corrected chi connectivity index (χ3v) is 8.65. The highest BCUT2D eigenvalue weighted by Crippen LogP contribution is 2.25. The Bertz CT molecular complexity index is 1480. The fourth-order valence-electron chi connectivity index (χ4n) is 3.85. The number of benzene rings is 2. The second-order valence-electron chi connectivity index (χ2n) is 8.32. The Balaban J connectivity index is 1.65. The number of hydrogen-bond donors (Lipinski definition) is 0. The molecule has 0 unspecified atom stereocenters. The molecule has 0 bridgehead atoms. The highest BCUT2D eigenvalue weighted by Gasteiger charge is 2.30. The van der Waals surface area contributed by atoms with E-state index in [4.69, 9.17) is 0 Å². The highest BCUT2D eigenvalue weighted by atomic mass is 32.2. The summed E-state index contributed by atoms with van der Waals surface area (Å²) in [7, 11) is -4.06. The number of sulfonamides is 1. The third-order valence-electron chi connectivity index (χ3n) is 5.80. The van der Waals surface area contributed by atoms with Crippen LogP contribution in [0.3, 0.4) is 0 Å². The summed E-state index contributed by atoms with van der Waals surface area (Å²) < 4.78 is 41.9. The van der Waals surface area contributed by atoms with Crippen molar-refractivity contribution in [1.29, 1.82) is 0 Å². The average molecular weight is 524 g/mol. The molecule has 9 heteroatoms. The summed E-state index contributed by atoms with van der Waals surface area (Å²) in [4.78, 5) is 20.5. The molecule has 0 fully saturated rings. The topological polar surface area (TPSA) is 70.6 Å². The molecule has 0 saturated heterocycles. The number of amides is 1. The molecule has 6 nitrogen and oxygen atoms in total. The van der Waals surface area contributed by atoms with Crippen molar-refractivity contribution in [3.63, 3.8) is 0 Å². The van der Waals surface area contributed by atoms with Gasteiger partial charge in [0.1, 0.15) is 10.7 Å². The largest absolute Gasteiger partial charge is 0.332 e. The SMILES string of the molecule is C=CCN(CC(=O)N(Cc1ccc(F)cc1)Cc1sccc1C)S(=O)(=O)c1cccc2cccnc12. The van der Waals surface area contributed by atoms with Crippen LogP contribution in [0.15, 0.2) is 89.8 Å². The molecule has 36 heavy (non-hydrogen) atoms. The second-order valence-corrected chi connectivity index (χ2v) is 11.2. The van der Waals surface area contributed by atoms with Crippen molar-refractivity contribution in [3.05, 3.63) is 107 Å². The molecule has 2 heterocycles. The summed E-state index contributed by atoms with van der Waals surface area (Å²) in [5, 5.41) is 2.64. The molecule has 4 rings (SSSR count). The average Bonchev–Trinajstić information content (AvgIpc) is 3.28. The van der Waals surface area contributed by atoms with Crippen LogP contribution in [0.4, 0.5) is 4.39 Å². The van der Waals surface area contributed by atoms with Crippen molar-refractivity contribution in [3.8, 4) is 0 Å². The monoisotopic (exact) mass is 523 g/mol. The fourth-order valence-corrected chi connectivity index (χ4v) is 6.29. The lowest BCUT2D eigenvalue weighted by Gasteiger charge is -2.27. The Labute approximate surface area is 214 Å². The van der Waals surface area contributed by atoms with Gasteiger partial charge < -0.3 is 4.90 Å². The van der Waals surface area contributed by atoms with Crippen molar-refractivity contribution in [2.45, 2.75) is 24.9 Å². The first-order valence-corrected chi connectivity index (χ1v) is 13.6. The number of para-hydroxylation sites is 1. The standard InChI is InChI=1S/C27H26FN3O3S2/c1-3-15-31(36(33,34)25-8-4-6-22-7-5-14-29-27(22)25)19-26(32)30(18-24-20(2)13-16-35-24)17-21-9-11-23(28)12-10-21/h3-14,16H,1,15,17-19H2,2H3. The van der Waals surface area contributed by atoms with Gasteiger partial charge in [0.15, 0.2) is 0 Å². The van der Waals surface area contributed by atoms with Gasteiger partial charge in [-0.2, -0.15) is 4.31 Å². The van der Waals surface area contributed by atoms with Crippen LogP contribution in [-0.2, 0) is 27.9 Å². The van der Waals surface area contributed by atoms with E-state index in [2.05, 4.69) is 11.6 Å². The maximum absolute atomic E-state index is 13.7. The molecule has 1 amide bonds. The number of rotatable bonds is 10. The Morgan fingerprint density at radius 2 is 1.83 bits per heavy atom. The molecule has 186 valence electrons. The van der Waals surface area contributed by atoms with Crippen molar-refractivity contribution in [1.82, 2.24) is 14.2 Å². The number of aromatic nitrogens is 1. The van der Waals surface area contributed by atoms with Gasteiger partial charge in [0.05, 0.1) is 18.6 Å². The smallest absolute Gasteiger partial charge is 0.246 e. The molecule has 0 atom stereocenters. The van der Waals surface area contributed by atoms with Crippen molar-refractivity contribution < 1.29 is 17.6 Å².